The lowest BCUT2D eigenvalue weighted by Crippen LogP contribution is -2.47. The summed E-state index contributed by atoms with van der Waals surface area (Å²) in [7, 11) is 0. The molecule has 27 heavy (non-hydrogen) atoms. The zero-order valence-corrected chi connectivity index (χ0v) is 15.4. The Morgan fingerprint density at radius 1 is 1.15 bits per heavy atom. The second-order valence-corrected chi connectivity index (χ2v) is 6.82. The maximum absolute atomic E-state index is 13.2. The van der Waals surface area contributed by atoms with Crippen molar-refractivity contribution in [3.05, 3.63) is 64.9 Å². The third-order valence-corrected chi connectivity index (χ3v) is 4.70. The van der Waals surface area contributed by atoms with Crippen LogP contribution in [-0.4, -0.2) is 42.5 Å². The van der Waals surface area contributed by atoms with E-state index in [4.69, 9.17) is 16.3 Å². The van der Waals surface area contributed by atoms with Gasteiger partial charge in [-0.15, -0.1) is 0 Å². The number of hydrogen-bond acceptors (Lipinski definition) is 3. The Balaban J connectivity index is 1.43. The second kappa shape index (κ2) is 8.86. The number of nitrogens with one attached hydrogen (secondary N) is 1. The molecule has 2 amide bonds. The lowest BCUT2D eigenvalue weighted by atomic mass is 10.0. The molecule has 1 N–H and O–H groups in total. The van der Waals surface area contributed by atoms with Crippen molar-refractivity contribution in [3.63, 3.8) is 0 Å². The Bertz CT molecular complexity index is 805. The Kier molecular flexibility index (Phi) is 6.29. The van der Waals surface area contributed by atoms with Gasteiger partial charge in [-0.2, -0.15) is 0 Å². The van der Waals surface area contributed by atoms with Crippen LogP contribution in [0.3, 0.4) is 0 Å². The number of rotatable bonds is 5. The molecule has 0 spiro atoms. The van der Waals surface area contributed by atoms with Gasteiger partial charge >= 0.3 is 0 Å². The monoisotopic (exact) mass is 390 g/mol. The Labute approximate surface area is 162 Å². The van der Waals surface area contributed by atoms with Crippen molar-refractivity contribution < 1.29 is 18.7 Å². The van der Waals surface area contributed by atoms with Gasteiger partial charge in [0.1, 0.15) is 11.6 Å². The quantitative estimate of drug-likeness (QED) is 0.852. The fourth-order valence-electron chi connectivity index (χ4n) is 2.94. The molecule has 3 rings (SSSR count). The molecule has 2 aromatic rings. The summed E-state index contributed by atoms with van der Waals surface area (Å²) in [4.78, 5) is 26.2. The third kappa shape index (κ3) is 5.44. The highest BCUT2D eigenvalue weighted by Gasteiger charge is 2.24. The zero-order chi connectivity index (χ0) is 19.2. The first-order valence-electron chi connectivity index (χ1n) is 8.74. The highest BCUT2D eigenvalue weighted by molar-refractivity contribution is 6.30. The van der Waals surface area contributed by atoms with Gasteiger partial charge in [0, 0.05) is 29.7 Å². The van der Waals surface area contributed by atoms with Gasteiger partial charge in [0.2, 0.25) is 0 Å². The normalized spacial score (nSPS) is 14.7. The van der Waals surface area contributed by atoms with Crippen LogP contribution in [0, 0.1) is 5.82 Å². The van der Waals surface area contributed by atoms with Crippen molar-refractivity contribution in [3.8, 4) is 5.75 Å². The summed E-state index contributed by atoms with van der Waals surface area (Å²) in [5.41, 5.74) is 0.296. The van der Waals surface area contributed by atoms with E-state index in [9.17, 15) is 14.0 Å². The van der Waals surface area contributed by atoms with Crippen LogP contribution in [0.25, 0.3) is 0 Å². The average Bonchev–Trinajstić information content (AvgIpc) is 2.68. The molecule has 0 aliphatic carbocycles. The molecule has 0 radical (unpaired) electrons. The summed E-state index contributed by atoms with van der Waals surface area (Å²) in [6, 6.07) is 12.4. The van der Waals surface area contributed by atoms with E-state index in [1.165, 1.54) is 18.2 Å². The summed E-state index contributed by atoms with van der Waals surface area (Å²) < 4.78 is 18.7. The number of nitrogens with zero attached hydrogens (tertiary/aromatic N) is 1. The number of benzene rings is 2. The van der Waals surface area contributed by atoms with E-state index in [0.29, 0.717) is 42.3 Å². The van der Waals surface area contributed by atoms with Gasteiger partial charge in [-0.1, -0.05) is 17.7 Å². The van der Waals surface area contributed by atoms with Crippen molar-refractivity contribution in [1.29, 1.82) is 0 Å². The van der Waals surface area contributed by atoms with Gasteiger partial charge in [0.15, 0.2) is 6.61 Å². The van der Waals surface area contributed by atoms with Crippen molar-refractivity contribution in [1.82, 2.24) is 10.2 Å². The van der Waals surface area contributed by atoms with Crippen LogP contribution in [0.5, 0.6) is 5.75 Å². The van der Waals surface area contributed by atoms with E-state index < -0.39 is 5.82 Å². The predicted octanol–water partition coefficient (Wildman–Crippen LogP) is 3.28. The van der Waals surface area contributed by atoms with Crippen LogP contribution >= 0.6 is 11.6 Å². The highest BCUT2D eigenvalue weighted by Crippen LogP contribution is 2.16. The Morgan fingerprint density at radius 2 is 1.85 bits per heavy atom. The van der Waals surface area contributed by atoms with Crippen molar-refractivity contribution in [2.75, 3.05) is 19.7 Å². The molecule has 2 aromatic carbocycles. The third-order valence-electron chi connectivity index (χ3n) is 4.45. The van der Waals surface area contributed by atoms with Crippen molar-refractivity contribution in [2.45, 2.75) is 18.9 Å². The summed E-state index contributed by atoms with van der Waals surface area (Å²) in [5, 5.41) is 3.51. The number of likely N-dealkylation sites (tertiary alicyclic amines) is 1. The average molecular weight is 391 g/mol. The van der Waals surface area contributed by atoms with Gasteiger partial charge in [0.25, 0.3) is 11.8 Å². The van der Waals surface area contributed by atoms with E-state index in [1.807, 2.05) is 0 Å². The molecule has 0 bridgehead atoms. The van der Waals surface area contributed by atoms with Gasteiger partial charge < -0.3 is 15.0 Å². The number of piperidine rings is 1. The van der Waals surface area contributed by atoms with Crippen LogP contribution in [0.2, 0.25) is 5.02 Å². The van der Waals surface area contributed by atoms with E-state index in [0.717, 1.165) is 0 Å². The fourth-order valence-corrected chi connectivity index (χ4v) is 3.06. The van der Waals surface area contributed by atoms with Crippen LogP contribution in [-0.2, 0) is 4.79 Å². The number of amides is 2. The van der Waals surface area contributed by atoms with Crippen molar-refractivity contribution >= 4 is 23.4 Å². The molecule has 0 atom stereocenters. The molecule has 1 aliphatic heterocycles. The number of carbonyl (C=O) groups is 2. The highest BCUT2D eigenvalue weighted by atomic mass is 35.5. The molecule has 0 unspecified atom stereocenters. The molecule has 0 saturated carbocycles. The summed E-state index contributed by atoms with van der Waals surface area (Å²) in [6.45, 7) is 1.04. The molecule has 1 saturated heterocycles. The van der Waals surface area contributed by atoms with E-state index in [1.54, 1.807) is 35.2 Å². The predicted molar refractivity (Wildman–Crippen MR) is 100 cm³/mol. The number of halogens is 2. The maximum atomic E-state index is 13.2. The molecule has 1 heterocycles. The first kappa shape index (κ1) is 19.2. The van der Waals surface area contributed by atoms with Crippen molar-refractivity contribution in [2.24, 2.45) is 0 Å². The lowest BCUT2D eigenvalue weighted by Gasteiger charge is -2.32. The minimum Gasteiger partial charge on any atom is -0.484 e. The van der Waals surface area contributed by atoms with E-state index >= 15 is 0 Å². The number of hydrogen-bond donors (Lipinski definition) is 1. The van der Waals surface area contributed by atoms with E-state index in [2.05, 4.69) is 5.32 Å². The molecular weight excluding hydrogens is 371 g/mol. The van der Waals surface area contributed by atoms with Crippen LogP contribution in [0.4, 0.5) is 4.39 Å². The molecular formula is C20H20ClFN2O3. The van der Waals surface area contributed by atoms with Gasteiger partial charge in [0.05, 0.1) is 0 Å². The zero-order valence-electron chi connectivity index (χ0n) is 14.7. The Hall–Kier alpha value is -2.60. The minimum atomic E-state index is -0.441. The molecule has 5 nitrogen and oxygen atoms in total. The molecule has 142 valence electrons. The SMILES string of the molecule is O=C(NC1CCN(C(=O)COc2ccc(Cl)cc2)CC1)c1cccc(F)c1. The molecule has 1 aliphatic rings. The standard InChI is InChI=1S/C20H20ClFN2O3/c21-15-4-6-18(7-5-15)27-13-19(25)24-10-8-17(9-11-24)23-20(26)14-2-1-3-16(22)12-14/h1-7,12,17H,8-11,13H2,(H,23,26). The summed E-state index contributed by atoms with van der Waals surface area (Å²) in [6.07, 6.45) is 1.29. The van der Waals surface area contributed by atoms with Gasteiger partial charge in [-0.05, 0) is 55.3 Å². The van der Waals surface area contributed by atoms with Gasteiger partial charge in [-0.3, -0.25) is 9.59 Å². The van der Waals surface area contributed by atoms with Crippen LogP contribution < -0.4 is 10.1 Å². The molecule has 0 aromatic heterocycles. The largest absolute Gasteiger partial charge is 0.484 e. The van der Waals surface area contributed by atoms with Crippen LogP contribution in [0.1, 0.15) is 23.2 Å². The molecule has 1 fully saturated rings. The second-order valence-electron chi connectivity index (χ2n) is 6.38. The maximum Gasteiger partial charge on any atom is 0.260 e. The first-order chi connectivity index (χ1) is 13.0. The van der Waals surface area contributed by atoms with Crippen LogP contribution in [0.15, 0.2) is 48.5 Å². The number of carbonyl (C=O) groups excluding carboxylic acids is 2. The minimum absolute atomic E-state index is 0.0397. The summed E-state index contributed by atoms with van der Waals surface area (Å²) >= 11 is 5.81. The van der Waals surface area contributed by atoms with E-state index in [-0.39, 0.29) is 24.5 Å². The smallest absolute Gasteiger partial charge is 0.260 e. The topological polar surface area (TPSA) is 58.6 Å². The van der Waals surface area contributed by atoms with Gasteiger partial charge in [-0.25, -0.2) is 4.39 Å². The Morgan fingerprint density at radius 3 is 2.52 bits per heavy atom. The summed E-state index contributed by atoms with van der Waals surface area (Å²) in [5.74, 6) is -0.251. The lowest BCUT2D eigenvalue weighted by molar-refractivity contribution is -0.134. The number of ether oxygens (including phenoxy) is 1. The molecule has 7 heteroatoms. The first-order valence-corrected chi connectivity index (χ1v) is 9.11. The fraction of sp³-hybridized carbons (Fsp3) is 0.300.